The van der Waals surface area contributed by atoms with Crippen molar-refractivity contribution in [2.24, 2.45) is 17.8 Å². The van der Waals surface area contributed by atoms with Crippen LogP contribution in [0.5, 0.6) is 11.6 Å². The highest BCUT2D eigenvalue weighted by Crippen LogP contribution is 2.48. The van der Waals surface area contributed by atoms with Gasteiger partial charge in [-0.1, -0.05) is 26.0 Å². The third-order valence-electron chi connectivity index (χ3n) is 11.4. The summed E-state index contributed by atoms with van der Waals surface area (Å²) in [7, 11) is -4.11. The Hall–Kier alpha value is -4.68. The largest absolute Gasteiger partial charge is 0.494 e. The number of alkyl carbamates (subject to hydrolysis) is 1. The number of benzene rings is 1. The number of sulfonamides is 1. The molecule has 324 valence electrons. The highest BCUT2D eigenvalue weighted by Gasteiger charge is 2.63. The van der Waals surface area contributed by atoms with Gasteiger partial charge in [0.25, 0.3) is 5.91 Å². The second kappa shape index (κ2) is 16.1. The van der Waals surface area contributed by atoms with Gasteiger partial charge in [-0.2, -0.15) is 13.2 Å². The third kappa shape index (κ3) is 9.70. The number of ether oxygens (including phenoxy) is 3. The van der Waals surface area contributed by atoms with E-state index in [0.29, 0.717) is 37.9 Å². The molecule has 0 radical (unpaired) electrons. The molecule has 2 aliphatic carbocycles. The zero-order valence-corrected chi connectivity index (χ0v) is 35.1. The number of aromatic nitrogens is 2. The Morgan fingerprint density at radius 3 is 2.42 bits per heavy atom. The summed E-state index contributed by atoms with van der Waals surface area (Å²) in [4.78, 5) is 65.5. The van der Waals surface area contributed by atoms with Crippen molar-refractivity contribution in [3.8, 4) is 11.6 Å². The summed E-state index contributed by atoms with van der Waals surface area (Å²) in [5.74, 6) is -4.13. The summed E-state index contributed by atoms with van der Waals surface area (Å²) < 4.78 is 87.8. The van der Waals surface area contributed by atoms with Gasteiger partial charge < -0.3 is 29.7 Å². The molecule has 4 amide bonds. The number of halogens is 3. The van der Waals surface area contributed by atoms with Gasteiger partial charge in [0.1, 0.15) is 35.1 Å². The van der Waals surface area contributed by atoms with E-state index in [1.54, 1.807) is 40.7 Å². The van der Waals surface area contributed by atoms with E-state index < -0.39 is 104 Å². The quantitative estimate of drug-likeness (QED) is 0.297. The van der Waals surface area contributed by atoms with Crippen LogP contribution in [0.2, 0.25) is 0 Å². The minimum atomic E-state index is -5.01. The molecule has 3 fully saturated rings. The molecule has 15 nitrogen and oxygen atoms in total. The van der Waals surface area contributed by atoms with Crippen LogP contribution < -0.4 is 24.8 Å². The first-order valence-corrected chi connectivity index (χ1v) is 21.5. The van der Waals surface area contributed by atoms with E-state index in [2.05, 4.69) is 25.3 Å². The summed E-state index contributed by atoms with van der Waals surface area (Å²) in [6.45, 7) is 11.9. The molecule has 0 unspecified atom stereocenters. The Morgan fingerprint density at radius 1 is 1.07 bits per heavy atom. The fourth-order valence-corrected chi connectivity index (χ4v) is 9.04. The molecular formula is C40H53F3N6O9S. The zero-order chi connectivity index (χ0) is 43.3. The van der Waals surface area contributed by atoms with Crippen LogP contribution in [0.1, 0.15) is 99.1 Å². The first kappa shape index (κ1) is 43.9. The molecular weight excluding hydrogens is 798 g/mol. The lowest BCUT2D eigenvalue weighted by atomic mass is 9.88. The van der Waals surface area contributed by atoms with Gasteiger partial charge in [0.05, 0.1) is 28.9 Å². The minimum Gasteiger partial charge on any atom is -0.494 e. The fourth-order valence-electron chi connectivity index (χ4n) is 7.73. The minimum absolute atomic E-state index is 0.0351. The number of nitrogens with zero attached hydrogens (tertiary/aromatic N) is 3. The maximum atomic E-state index is 14.8. The molecule has 0 spiro atoms. The molecule has 3 N–H and O–H groups in total. The molecule has 1 aromatic heterocycles. The van der Waals surface area contributed by atoms with Crippen molar-refractivity contribution in [1.29, 1.82) is 0 Å². The smallest absolute Gasteiger partial charge is 0.438 e. The number of fused-ring (bicyclic) bond motifs is 3. The third-order valence-corrected chi connectivity index (χ3v) is 13.5. The summed E-state index contributed by atoms with van der Waals surface area (Å²) in [5.41, 5.74) is -4.07. The van der Waals surface area contributed by atoms with Crippen LogP contribution in [0.25, 0.3) is 11.0 Å². The lowest BCUT2D eigenvalue weighted by Crippen LogP contribution is -2.59. The lowest BCUT2D eigenvalue weighted by Gasteiger charge is -2.33. The number of hydrogen-bond acceptors (Lipinski definition) is 11. The van der Waals surface area contributed by atoms with Gasteiger partial charge >= 0.3 is 12.3 Å². The number of carbonyl (C=O) groups is 4. The van der Waals surface area contributed by atoms with Crippen LogP contribution in [-0.4, -0.2) is 94.3 Å². The van der Waals surface area contributed by atoms with Crippen LogP contribution in [0.15, 0.2) is 30.4 Å². The van der Waals surface area contributed by atoms with E-state index in [0.717, 1.165) is 4.90 Å². The topological polar surface area (TPSA) is 195 Å². The van der Waals surface area contributed by atoms with Gasteiger partial charge in [-0.3, -0.25) is 19.1 Å². The van der Waals surface area contributed by atoms with Crippen molar-refractivity contribution in [2.45, 2.75) is 134 Å². The predicted molar refractivity (Wildman–Crippen MR) is 208 cm³/mol. The summed E-state index contributed by atoms with van der Waals surface area (Å²) in [6.07, 6.45) is -1.37. The highest BCUT2D eigenvalue weighted by molar-refractivity contribution is 7.91. The van der Waals surface area contributed by atoms with Crippen molar-refractivity contribution >= 4 is 44.9 Å². The summed E-state index contributed by atoms with van der Waals surface area (Å²) >= 11 is 0. The molecule has 19 heteroatoms. The molecule has 2 saturated carbocycles. The fraction of sp³-hybridized carbons (Fsp3) is 0.650. The molecule has 2 aromatic rings. The number of rotatable bonds is 8. The molecule has 2 aliphatic heterocycles. The van der Waals surface area contributed by atoms with Crippen LogP contribution in [-0.2, 0) is 35.3 Å². The van der Waals surface area contributed by atoms with Crippen LogP contribution >= 0.6 is 0 Å². The maximum absolute atomic E-state index is 14.8. The van der Waals surface area contributed by atoms with Gasteiger partial charge in [-0.15, -0.1) is 0 Å². The molecule has 1 aromatic carbocycles. The number of alkyl halides is 3. The zero-order valence-electron chi connectivity index (χ0n) is 34.3. The predicted octanol–water partition coefficient (Wildman–Crippen LogP) is 5.17. The van der Waals surface area contributed by atoms with E-state index in [1.165, 1.54) is 25.1 Å². The Balaban J connectivity index is 1.38. The van der Waals surface area contributed by atoms with E-state index >= 15 is 0 Å². The number of amides is 4. The SMILES string of the molecule is CCOc1ccc2nc(C(F)(F)F)c(O[C@@H]3C[C@H]4C(=O)N[C@]5(C(=O)NS(=O)(=O)C6(C)CC6)C[C@H]5/C=C\CC[C@@H](C)C[C@@H](C)[C@H](NC(=O)OC(C)(C)C)C(=O)N4C3)nc2c1. The number of carbonyl (C=O) groups excluding carboxylic acids is 4. The average molecular weight is 851 g/mol. The summed E-state index contributed by atoms with van der Waals surface area (Å²) in [5, 5.41) is 5.42. The van der Waals surface area contributed by atoms with Crippen molar-refractivity contribution in [2.75, 3.05) is 13.2 Å². The molecule has 59 heavy (non-hydrogen) atoms. The first-order chi connectivity index (χ1) is 27.4. The standard InChI is InChI=1S/C40H53F3N6O9S/c1-8-56-25-13-14-27-28(18-25)45-33(31(44-27)40(41,42)43)57-26-19-29-32(50)47-39(35(52)48-59(54,55)38(7)15-16-38)20-24(39)12-10-9-11-22(2)17-23(3)30(34(51)49(29)21-26)46-36(53)58-37(4,5)6/h10,12-14,18,22-24,26,29-30H,8-9,11,15-17,19-21H2,1-7H3,(H,46,53)(H,47,50)(H,48,52)/b12-10-/t22-,23-,24-,26-,29+,30+,39-/m1/s1. The Morgan fingerprint density at radius 2 is 1.78 bits per heavy atom. The van der Waals surface area contributed by atoms with Gasteiger partial charge in [-0.05, 0) is 97.1 Å². The number of hydrogen-bond donors (Lipinski definition) is 3. The first-order valence-electron chi connectivity index (χ1n) is 20.0. The van der Waals surface area contributed by atoms with Crippen molar-refractivity contribution in [1.82, 2.24) is 30.2 Å². The Labute approximate surface area is 341 Å². The van der Waals surface area contributed by atoms with E-state index in [1.807, 2.05) is 13.0 Å². The monoisotopic (exact) mass is 850 g/mol. The van der Waals surface area contributed by atoms with E-state index in [4.69, 9.17) is 14.2 Å². The second-order valence-corrected chi connectivity index (χ2v) is 19.7. The average Bonchev–Trinajstić information content (AvgIpc) is 4.00. The molecule has 1 saturated heterocycles. The Kier molecular flexibility index (Phi) is 11.9. The van der Waals surface area contributed by atoms with Crippen molar-refractivity contribution < 1.29 is 55.0 Å². The Bertz CT molecular complexity index is 2120. The maximum Gasteiger partial charge on any atom is 0.438 e. The molecule has 4 aliphatic rings. The van der Waals surface area contributed by atoms with Crippen molar-refractivity contribution in [3.63, 3.8) is 0 Å². The van der Waals surface area contributed by atoms with Crippen LogP contribution in [0.3, 0.4) is 0 Å². The van der Waals surface area contributed by atoms with Crippen LogP contribution in [0, 0.1) is 17.8 Å². The number of allylic oxidation sites excluding steroid dienone is 1. The highest BCUT2D eigenvalue weighted by atomic mass is 32.2. The van der Waals surface area contributed by atoms with Crippen LogP contribution in [0.4, 0.5) is 18.0 Å². The molecule has 7 atom stereocenters. The molecule has 6 rings (SSSR count). The molecule has 3 heterocycles. The van der Waals surface area contributed by atoms with Gasteiger partial charge in [0, 0.05) is 18.4 Å². The number of nitrogens with one attached hydrogen (secondary N) is 3. The summed E-state index contributed by atoms with van der Waals surface area (Å²) in [6, 6.07) is 1.53. The molecule has 0 bridgehead atoms. The van der Waals surface area contributed by atoms with Crippen molar-refractivity contribution in [3.05, 3.63) is 36.0 Å². The second-order valence-electron chi connectivity index (χ2n) is 17.5. The van der Waals surface area contributed by atoms with Gasteiger partial charge in [0.2, 0.25) is 33.4 Å². The van der Waals surface area contributed by atoms with Gasteiger partial charge in [-0.25, -0.2) is 23.2 Å². The van der Waals surface area contributed by atoms with E-state index in [9.17, 15) is 40.8 Å². The lowest BCUT2D eigenvalue weighted by molar-refractivity contribution is -0.143. The van der Waals surface area contributed by atoms with Gasteiger partial charge in [0.15, 0.2) is 0 Å². The van der Waals surface area contributed by atoms with E-state index in [-0.39, 0.29) is 36.4 Å². The normalized spacial score (nSPS) is 29.2.